The van der Waals surface area contributed by atoms with Crippen LogP contribution >= 0.6 is 0 Å². The van der Waals surface area contributed by atoms with Crippen molar-refractivity contribution in [2.24, 2.45) is 0 Å². The zero-order valence-electron chi connectivity index (χ0n) is 11.0. The molecule has 0 bridgehead atoms. The predicted octanol–water partition coefficient (Wildman–Crippen LogP) is 2.80. The van der Waals surface area contributed by atoms with Crippen LogP contribution < -0.4 is 5.32 Å². The third-order valence-corrected chi connectivity index (χ3v) is 2.84. The number of rotatable bonds is 6. The topological polar surface area (TPSA) is 15.3 Å². The Morgan fingerprint density at radius 3 is 2.58 bits per heavy atom. The lowest BCUT2D eigenvalue weighted by molar-refractivity contribution is -0.125. The lowest BCUT2D eigenvalue weighted by Gasteiger charge is -2.25. The molecule has 0 saturated carbocycles. The molecule has 108 valence electrons. The van der Waals surface area contributed by atoms with E-state index in [4.69, 9.17) is 0 Å². The molecule has 0 aliphatic heterocycles. The van der Waals surface area contributed by atoms with Crippen LogP contribution in [0, 0.1) is 5.82 Å². The van der Waals surface area contributed by atoms with Crippen LogP contribution in [0.4, 0.5) is 17.6 Å². The number of hydrogen-bond donors (Lipinski definition) is 1. The minimum Gasteiger partial charge on any atom is -0.307 e. The summed E-state index contributed by atoms with van der Waals surface area (Å²) in [6.07, 6.45) is -4.19. The van der Waals surface area contributed by atoms with Crippen LogP contribution in [0.3, 0.4) is 0 Å². The minimum absolute atomic E-state index is 0.0781. The standard InChI is InChI=1S/C13H18F4N2/c1-10(7-18-9-13(15,16)17)19(2)8-11-4-3-5-12(14)6-11/h3-6,10,18H,7-9H2,1-2H3. The van der Waals surface area contributed by atoms with E-state index in [0.717, 1.165) is 5.56 Å². The van der Waals surface area contributed by atoms with E-state index < -0.39 is 12.7 Å². The van der Waals surface area contributed by atoms with E-state index in [9.17, 15) is 17.6 Å². The highest BCUT2D eigenvalue weighted by molar-refractivity contribution is 5.16. The van der Waals surface area contributed by atoms with Gasteiger partial charge >= 0.3 is 6.18 Å². The van der Waals surface area contributed by atoms with Gasteiger partial charge in [-0.15, -0.1) is 0 Å². The summed E-state index contributed by atoms with van der Waals surface area (Å²) < 4.78 is 48.9. The van der Waals surface area contributed by atoms with E-state index >= 15 is 0 Å². The zero-order valence-corrected chi connectivity index (χ0v) is 11.0. The maximum absolute atomic E-state index is 13.0. The Hall–Kier alpha value is -1.14. The lowest BCUT2D eigenvalue weighted by atomic mass is 10.2. The summed E-state index contributed by atoms with van der Waals surface area (Å²) >= 11 is 0. The van der Waals surface area contributed by atoms with Crippen molar-refractivity contribution < 1.29 is 17.6 Å². The molecular weight excluding hydrogens is 260 g/mol. The number of hydrogen-bond acceptors (Lipinski definition) is 2. The summed E-state index contributed by atoms with van der Waals surface area (Å²) in [5.41, 5.74) is 0.796. The van der Waals surface area contributed by atoms with Crippen molar-refractivity contribution in [3.05, 3.63) is 35.6 Å². The van der Waals surface area contributed by atoms with E-state index in [2.05, 4.69) is 5.32 Å². The van der Waals surface area contributed by atoms with Crippen LogP contribution in [0.5, 0.6) is 0 Å². The van der Waals surface area contributed by atoms with Crippen molar-refractivity contribution in [1.82, 2.24) is 10.2 Å². The molecule has 1 aromatic carbocycles. The van der Waals surface area contributed by atoms with Crippen LogP contribution in [-0.4, -0.2) is 37.3 Å². The van der Waals surface area contributed by atoms with Crippen LogP contribution in [-0.2, 0) is 6.54 Å². The van der Waals surface area contributed by atoms with E-state index in [1.807, 2.05) is 11.8 Å². The Kier molecular flexibility index (Phi) is 5.75. The van der Waals surface area contributed by atoms with Crippen molar-refractivity contribution in [3.63, 3.8) is 0 Å². The van der Waals surface area contributed by atoms with Crippen LogP contribution in [0.1, 0.15) is 12.5 Å². The van der Waals surface area contributed by atoms with Crippen molar-refractivity contribution >= 4 is 0 Å². The van der Waals surface area contributed by atoms with Gasteiger partial charge in [-0.05, 0) is 31.7 Å². The number of nitrogens with zero attached hydrogens (tertiary/aromatic N) is 1. The molecule has 0 aromatic heterocycles. The Morgan fingerprint density at radius 1 is 1.32 bits per heavy atom. The number of likely N-dealkylation sites (N-methyl/N-ethyl adjacent to an activating group) is 1. The molecule has 1 aromatic rings. The molecule has 0 amide bonds. The first kappa shape index (κ1) is 15.9. The average molecular weight is 278 g/mol. The Bertz CT molecular complexity index is 392. The summed E-state index contributed by atoms with van der Waals surface area (Å²) in [4.78, 5) is 1.87. The second kappa shape index (κ2) is 6.86. The van der Waals surface area contributed by atoms with Crippen molar-refractivity contribution in [2.45, 2.75) is 25.7 Å². The number of alkyl halides is 3. The Morgan fingerprint density at radius 2 is 2.00 bits per heavy atom. The van der Waals surface area contributed by atoms with Gasteiger partial charge in [0.1, 0.15) is 5.82 Å². The van der Waals surface area contributed by atoms with Crippen molar-refractivity contribution in [3.8, 4) is 0 Å². The maximum Gasteiger partial charge on any atom is 0.401 e. The van der Waals surface area contributed by atoms with Gasteiger partial charge in [0.15, 0.2) is 0 Å². The zero-order chi connectivity index (χ0) is 14.5. The molecule has 0 heterocycles. The summed E-state index contributed by atoms with van der Waals surface area (Å²) in [6, 6.07) is 6.11. The number of nitrogens with one attached hydrogen (secondary N) is 1. The summed E-state index contributed by atoms with van der Waals surface area (Å²) in [5, 5.41) is 2.36. The van der Waals surface area contributed by atoms with E-state index in [0.29, 0.717) is 6.54 Å². The Labute approximate surface area is 110 Å². The first-order valence-corrected chi connectivity index (χ1v) is 6.00. The van der Waals surface area contributed by atoms with Gasteiger partial charge in [0, 0.05) is 19.1 Å². The molecule has 0 fully saturated rings. The first-order valence-electron chi connectivity index (χ1n) is 6.00. The second-order valence-electron chi connectivity index (χ2n) is 4.64. The smallest absolute Gasteiger partial charge is 0.307 e. The highest BCUT2D eigenvalue weighted by atomic mass is 19.4. The summed E-state index contributed by atoms with van der Waals surface area (Å²) in [6.45, 7) is 1.55. The fraction of sp³-hybridized carbons (Fsp3) is 0.538. The number of benzene rings is 1. The van der Waals surface area contributed by atoms with Gasteiger partial charge in [-0.3, -0.25) is 4.90 Å². The minimum atomic E-state index is -4.19. The van der Waals surface area contributed by atoms with Gasteiger partial charge in [-0.1, -0.05) is 12.1 Å². The fourth-order valence-electron chi connectivity index (χ4n) is 1.66. The van der Waals surface area contributed by atoms with E-state index in [1.54, 1.807) is 19.2 Å². The lowest BCUT2D eigenvalue weighted by Crippen LogP contribution is -2.40. The van der Waals surface area contributed by atoms with Gasteiger partial charge in [0.2, 0.25) is 0 Å². The van der Waals surface area contributed by atoms with Gasteiger partial charge in [-0.25, -0.2) is 4.39 Å². The number of halogens is 4. The predicted molar refractivity (Wildman–Crippen MR) is 66.3 cm³/mol. The molecule has 1 N–H and O–H groups in total. The molecule has 1 unspecified atom stereocenters. The Balaban J connectivity index is 2.38. The van der Waals surface area contributed by atoms with E-state index in [1.165, 1.54) is 12.1 Å². The summed E-state index contributed by atoms with van der Waals surface area (Å²) in [5.74, 6) is -0.311. The average Bonchev–Trinajstić information content (AvgIpc) is 2.27. The normalized spacial score (nSPS) is 13.8. The van der Waals surface area contributed by atoms with Gasteiger partial charge in [-0.2, -0.15) is 13.2 Å². The SMILES string of the molecule is CC(CNCC(F)(F)F)N(C)Cc1cccc(F)c1. The fourth-order valence-corrected chi connectivity index (χ4v) is 1.66. The molecule has 1 atom stereocenters. The van der Waals surface area contributed by atoms with Gasteiger partial charge < -0.3 is 5.32 Å². The van der Waals surface area contributed by atoms with Crippen LogP contribution in [0.25, 0.3) is 0 Å². The van der Waals surface area contributed by atoms with E-state index in [-0.39, 0.29) is 18.4 Å². The highest BCUT2D eigenvalue weighted by Crippen LogP contribution is 2.12. The molecule has 6 heteroatoms. The maximum atomic E-state index is 13.0. The van der Waals surface area contributed by atoms with Crippen molar-refractivity contribution in [1.29, 1.82) is 0 Å². The monoisotopic (exact) mass is 278 g/mol. The first-order chi connectivity index (χ1) is 8.78. The third-order valence-electron chi connectivity index (χ3n) is 2.84. The second-order valence-corrected chi connectivity index (χ2v) is 4.64. The molecule has 0 aliphatic carbocycles. The van der Waals surface area contributed by atoms with Crippen LogP contribution in [0.15, 0.2) is 24.3 Å². The van der Waals surface area contributed by atoms with Gasteiger partial charge in [0.25, 0.3) is 0 Å². The molecule has 0 saturated heterocycles. The molecule has 0 radical (unpaired) electrons. The molecule has 0 spiro atoms. The quantitative estimate of drug-likeness (QED) is 0.805. The van der Waals surface area contributed by atoms with Gasteiger partial charge in [0.05, 0.1) is 6.54 Å². The largest absolute Gasteiger partial charge is 0.401 e. The molecular formula is C13H18F4N2. The summed E-state index contributed by atoms with van der Waals surface area (Å²) in [7, 11) is 1.80. The molecule has 0 aliphatic rings. The molecule has 1 rings (SSSR count). The third kappa shape index (κ3) is 6.54. The highest BCUT2D eigenvalue weighted by Gasteiger charge is 2.26. The molecule has 2 nitrogen and oxygen atoms in total. The van der Waals surface area contributed by atoms with Crippen LogP contribution in [0.2, 0.25) is 0 Å². The van der Waals surface area contributed by atoms with Crippen molar-refractivity contribution in [2.75, 3.05) is 20.1 Å². The molecule has 19 heavy (non-hydrogen) atoms.